The molecule has 1 amide bonds. The van der Waals surface area contributed by atoms with Gasteiger partial charge in [-0.25, -0.2) is 4.39 Å². The summed E-state index contributed by atoms with van der Waals surface area (Å²) in [6, 6.07) is 8.87. The predicted octanol–water partition coefficient (Wildman–Crippen LogP) is 3.26. The van der Waals surface area contributed by atoms with Crippen LogP contribution in [-0.4, -0.2) is 41.0 Å². The molecule has 1 N–H and O–H groups in total. The van der Waals surface area contributed by atoms with E-state index in [2.05, 4.69) is 21.3 Å². The fourth-order valence-corrected chi connectivity index (χ4v) is 4.93. The number of fused-ring (bicyclic) bond motifs is 3. The Kier molecular flexibility index (Phi) is 5.22. The van der Waals surface area contributed by atoms with Gasteiger partial charge in [-0.3, -0.25) is 14.7 Å². The number of pyridine rings is 1. The monoisotopic (exact) mass is 465 g/mol. The van der Waals surface area contributed by atoms with Crippen LogP contribution < -0.4 is 5.32 Å². The molecule has 3 aliphatic rings. The number of hydrogen-bond acceptors (Lipinski definition) is 3. The largest absolute Gasteiger partial charge is 0.347 e. The maximum Gasteiger partial charge on any atom is 0.251 e. The minimum Gasteiger partial charge on any atom is -0.347 e. The van der Waals surface area contributed by atoms with Crippen LogP contribution in [-0.2, 0) is 6.42 Å². The zero-order chi connectivity index (χ0) is 18.1. The molecule has 0 spiro atoms. The molecule has 5 rings (SSSR count). The second-order valence-electron chi connectivity index (χ2n) is 7.16. The van der Waals surface area contributed by atoms with Crippen molar-refractivity contribution < 1.29 is 9.18 Å². The van der Waals surface area contributed by atoms with E-state index < -0.39 is 0 Å². The summed E-state index contributed by atoms with van der Waals surface area (Å²) < 4.78 is 14.4. The molecule has 136 valence electrons. The van der Waals surface area contributed by atoms with E-state index in [1.165, 1.54) is 17.7 Å². The van der Waals surface area contributed by atoms with E-state index in [0.29, 0.717) is 11.5 Å². The van der Waals surface area contributed by atoms with Gasteiger partial charge in [0.2, 0.25) is 0 Å². The van der Waals surface area contributed by atoms with Crippen LogP contribution in [0.25, 0.3) is 0 Å². The first-order chi connectivity index (χ1) is 12.6. The number of halogens is 2. The molecule has 2 aromatic rings. The number of nitrogens with one attached hydrogen (secondary N) is 1. The fraction of sp³-hybridized carbons (Fsp3) is 0.400. The molecule has 2 atom stereocenters. The van der Waals surface area contributed by atoms with E-state index in [1.807, 2.05) is 34.9 Å². The number of carbonyl (C=O) groups is 1. The van der Waals surface area contributed by atoms with Crippen molar-refractivity contribution in [1.29, 1.82) is 0 Å². The van der Waals surface area contributed by atoms with Crippen LogP contribution in [0.3, 0.4) is 0 Å². The fourth-order valence-electron chi connectivity index (χ4n) is 4.30. The number of aromatic nitrogens is 1. The summed E-state index contributed by atoms with van der Waals surface area (Å²) in [5, 5.41) is 3.22. The molecular formula is C20H21FIN3O. The van der Waals surface area contributed by atoms with E-state index in [0.717, 1.165) is 35.9 Å². The Morgan fingerprint density at radius 2 is 2.12 bits per heavy atom. The molecule has 0 unspecified atom stereocenters. The highest BCUT2D eigenvalue weighted by molar-refractivity contribution is 14.1. The third kappa shape index (κ3) is 3.76. The normalized spacial score (nSPS) is 27.3. The highest BCUT2D eigenvalue weighted by atomic mass is 127. The van der Waals surface area contributed by atoms with Crippen LogP contribution >= 0.6 is 22.6 Å². The number of hydrogen-bond donors (Lipinski definition) is 1. The third-order valence-corrected chi connectivity index (χ3v) is 6.18. The summed E-state index contributed by atoms with van der Waals surface area (Å²) in [6.45, 7) is 2.17. The standard InChI is InChI=1S/C20H21FIN3O/c21-16-9-15(10-17(22)11-16)20(26)24-19-14-3-6-25(7-4-14)18(19)8-13-2-1-5-23-12-13/h1-2,5,9-12,14,18-19H,3-4,6-8H2,(H,24,26)/t18-,19+/m0/s1. The minimum atomic E-state index is -0.372. The van der Waals surface area contributed by atoms with Gasteiger partial charge in [-0.1, -0.05) is 6.07 Å². The molecule has 1 aromatic heterocycles. The lowest BCUT2D eigenvalue weighted by Crippen LogP contribution is -2.64. The smallest absolute Gasteiger partial charge is 0.251 e. The van der Waals surface area contributed by atoms with Crippen molar-refractivity contribution in [1.82, 2.24) is 15.2 Å². The molecule has 3 saturated heterocycles. The van der Waals surface area contributed by atoms with Gasteiger partial charge in [0.15, 0.2) is 0 Å². The molecule has 3 fully saturated rings. The van der Waals surface area contributed by atoms with Gasteiger partial charge < -0.3 is 5.32 Å². The van der Waals surface area contributed by atoms with Gasteiger partial charge >= 0.3 is 0 Å². The molecule has 0 aliphatic carbocycles. The maximum absolute atomic E-state index is 13.7. The Morgan fingerprint density at radius 1 is 1.31 bits per heavy atom. The van der Waals surface area contributed by atoms with Crippen molar-refractivity contribution in [2.75, 3.05) is 13.1 Å². The molecule has 26 heavy (non-hydrogen) atoms. The molecule has 3 aliphatic heterocycles. The van der Waals surface area contributed by atoms with Gasteiger partial charge in [-0.05, 0) is 90.7 Å². The van der Waals surface area contributed by atoms with Crippen LogP contribution in [0.4, 0.5) is 4.39 Å². The Balaban J connectivity index is 1.55. The molecular weight excluding hydrogens is 444 g/mol. The van der Waals surface area contributed by atoms with Gasteiger partial charge in [0.05, 0.1) is 0 Å². The van der Waals surface area contributed by atoms with E-state index >= 15 is 0 Å². The van der Waals surface area contributed by atoms with Crippen molar-refractivity contribution in [3.8, 4) is 0 Å². The molecule has 0 radical (unpaired) electrons. The summed E-state index contributed by atoms with van der Waals surface area (Å²) in [6.07, 6.45) is 6.76. The van der Waals surface area contributed by atoms with Crippen molar-refractivity contribution in [2.24, 2.45) is 5.92 Å². The van der Waals surface area contributed by atoms with Gasteiger partial charge in [0.1, 0.15) is 5.82 Å². The lowest BCUT2D eigenvalue weighted by molar-refractivity contribution is 0.0136. The molecule has 1 aromatic carbocycles. The van der Waals surface area contributed by atoms with Crippen molar-refractivity contribution in [2.45, 2.75) is 31.3 Å². The van der Waals surface area contributed by atoms with Gasteiger partial charge in [0.25, 0.3) is 5.91 Å². The highest BCUT2D eigenvalue weighted by Gasteiger charge is 2.42. The number of piperidine rings is 3. The summed E-state index contributed by atoms with van der Waals surface area (Å²) >= 11 is 2.04. The Labute approximate surface area is 166 Å². The highest BCUT2D eigenvalue weighted by Crippen LogP contribution is 2.34. The van der Waals surface area contributed by atoms with E-state index in [4.69, 9.17) is 0 Å². The Morgan fingerprint density at radius 3 is 2.81 bits per heavy atom. The van der Waals surface area contributed by atoms with Crippen LogP contribution in [0.5, 0.6) is 0 Å². The summed E-state index contributed by atoms with van der Waals surface area (Å²) in [7, 11) is 0. The van der Waals surface area contributed by atoms with Crippen molar-refractivity contribution in [3.05, 3.63) is 63.2 Å². The van der Waals surface area contributed by atoms with Crippen molar-refractivity contribution in [3.63, 3.8) is 0 Å². The maximum atomic E-state index is 13.7. The zero-order valence-corrected chi connectivity index (χ0v) is 16.5. The first kappa shape index (κ1) is 17.9. The molecule has 2 bridgehead atoms. The lowest BCUT2D eigenvalue weighted by atomic mass is 9.76. The number of amides is 1. The van der Waals surface area contributed by atoms with Gasteiger partial charge in [0, 0.05) is 33.6 Å². The number of rotatable bonds is 4. The predicted molar refractivity (Wildman–Crippen MR) is 106 cm³/mol. The molecule has 6 heteroatoms. The quantitative estimate of drug-likeness (QED) is 0.706. The Bertz CT molecular complexity index is 773. The Hall–Kier alpha value is -1.54. The first-order valence-electron chi connectivity index (χ1n) is 9.00. The lowest BCUT2D eigenvalue weighted by Gasteiger charge is -2.51. The minimum absolute atomic E-state index is 0.0890. The van der Waals surface area contributed by atoms with Gasteiger partial charge in [-0.15, -0.1) is 0 Å². The molecule has 0 saturated carbocycles. The molecule has 4 nitrogen and oxygen atoms in total. The van der Waals surface area contributed by atoms with E-state index in [1.54, 1.807) is 12.3 Å². The third-order valence-electron chi connectivity index (χ3n) is 5.56. The summed E-state index contributed by atoms with van der Waals surface area (Å²) in [5.74, 6) is -0.0709. The van der Waals surface area contributed by atoms with E-state index in [-0.39, 0.29) is 23.8 Å². The zero-order valence-electron chi connectivity index (χ0n) is 14.4. The average Bonchev–Trinajstić information content (AvgIpc) is 2.64. The number of nitrogens with zero attached hydrogens (tertiary/aromatic N) is 2. The van der Waals surface area contributed by atoms with Gasteiger partial charge in [-0.2, -0.15) is 0 Å². The number of carbonyl (C=O) groups excluding carboxylic acids is 1. The summed E-state index contributed by atoms with van der Waals surface area (Å²) in [5.41, 5.74) is 1.58. The van der Waals surface area contributed by atoms with E-state index in [9.17, 15) is 9.18 Å². The second-order valence-corrected chi connectivity index (χ2v) is 8.41. The van der Waals surface area contributed by atoms with Crippen LogP contribution in [0.2, 0.25) is 0 Å². The number of benzene rings is 1. The summed E-state index contributed by atoms with van der Waals surface area (Å²) in [4.78, 5) is 19.5. The average molecular weight is 465 g/mol. The molecule has 4 heterocycles. The second kappa shape index (κ2) is 7.60. The van der Waals surface area contributed by atoms with Crippen LogP contribution in [0.15, 0.2) is 42.7 Å². The SMILES string of the molecule is O=C(N[C@@H]1C2CCN(CC2)[C@H]1Cc1cccnc1)c1cc(F)cc(I)c1. The first-order valence-corrected chi connectivity index (χ1v) is 10.1. The van der Waals surface area contributed by atoms with Crippen LogP contribution in [0, 0.1) is 15.3 Å². The topological polar surface area (TPSA) is 45.2 Å². The van der Waals surface area contributed by atoms with Crippen LogP contribution in [0.1, 0.15) is 28.8 Å². The van der Waals surface area contributed by atoms with Crippen molar-refractivity contribution >= 4 is 28.5 Å².